The van der Waals surface area contributed by atoms with Crippen LogP contribution in [0.3, 0.4) is 0 Å². The second kappa shape index (κ2) is 11.4. The van der Waals surface area contributed by atoms with Crippen LogP contribution in [0.25, 0.3) is 10.8 Å². The SMILES string of the molecule is O=C(O)C(=O)O.OCCNCCCOc1ccc2ccccc2c1Br. The largest absolute Gasteiger partial charge is 0.492 e. The summed E-state index contributed by atoms with van der Waals surface area (Å²) in [5, 5.41) is 28.9. The number of nitrogens with one attached hydrogen (secondary N) is 1. The third-order valence-electron chi connectivity index (χ3n) is 3.05. The van der Waals surface area contributed by atoms with E-state index in [1.54, 1.807) is 0 Å². The fourth-order valence-corrected chi connectivity index (χ4v) is 2.52. The first-order valence-corrected chi connectivity index (χ1v) is 8.34. The van der Waals surface area contributed by atoms with Crippen molar-refractivity contribution < 1.29 is 29.6 Å². The molecule has 136 valence electrons. The number of aliphatic carboxylic acids is 2. The second-order valence-electron chi connectivity index (χ2n) is 4.88. The van der Waals surface area contributed by atoms with Gasteiger partial charge < -0.3 is 25.4 Å². The lowest BCUT2D eigenvalue weighted by Gasteiger charge is -2.10. The zero-order chi connectivity index (χ0) is 18.7. The first-order valence-electron chi connectivity index (χ1n) is 7.55. The number of carboxylic acid groups (broad SMARTS) is 2. The molecular weight excluding hydrogens is 394 g/mol. The molecule has 7 nitrogen and oxygen atoms in total. The summed E-state index contributed by atoms with van der Waals surface area (Å²) in [4.78, 5) is 18.2. The van der Waals surface area contributed by atoms with E-state index in [4.69, 9.17) is 29.6 Å². The van der Waals surface area contributed by atoms with E-state index >= 15 is 0 Å². The van der Waals surface area contributed by atoms with Crippen LogP contribution in [0.5, 0.6) is 5.75 Å². The van der Waals surface area contributed by atoms with Gasteiger partial charge in [-0.3, -0.25) is 0 Å². The van der Waals surface area contributed by atoms with Gasteiger partial charge in [0.05, 0.1) is 17.7 Å². The molecule has 0 spiro atoms. The van der Waals surface area contributed by atoms with Gasteiger partial charge in [-0.2, -0.15) is 0 Å². The van der Waals surface area contributed by atoms with Gasteiger partial charge in [-0.05, 0) is 45.7 Å². The molecule has 0 saturated carbocycles. The fraction of sp³-hybridized carbons (Fsp3) is 0.294. The van der Waals surface area contributed by atoms with Gasteiger partial charge in [-0.15, -0.1) is 0 Å². The van der Waals surface area contributed by atoms with Crippen molar-refractivity contribution in [1.82, 2.24) is 5.32 Å². The number of rotatable bonds is 7. The van der Waals surface area contributed by atoms with Crippen molar-refractivity contribution in [3.63, 3.8) is 0 Å². The Bertz CT molecular complexity index is 695. The summed E-state index contributed by atoms with van der Waals surface area (Å²) in [5.41, 5.74) is 0. The van der Waals surface area contributed by atoms with Crippen LogP contribution in [0, 0.1) is 0 Å². The highest BCUT2D eigenvalue weighted by Gasteiger charge is 2.05. The number of hydrogen-bond donors (Lipinski definition) is 4. The van der Waals surface area contributed by atoms with Gasteiger partial charge in [-0.25, -0.2) is 9.59 Å². The lowest BCUT2D eigenvalue weighted by molar-refractivity contribution is -0.159. The van der Waals surface area contributed by atoms with Crippen molar-refractivity contribution in [3.05, 3.63) is 40.9 Å². The molecule has 2 rings (SSSR count). The Labute approximate surface area is 153 Å². The summed E-state index contributed by atoms with van der Waals surface area (Å²) >= 11 is 3.60. The predicted octanol–water partition coefficient (Wildman–Crippen LogP) is 2.11. The first-order chi connectivity index (χ1) is 12.0. The van der Waals surface area contributed by atoms with Gasteiger partial charge in [0, 0.05) is 6.54 Å². The molecule has 0 aromatic heterocycles. The number of benzene rings is 2. The number of aliphatic hydroxyl groups excluding tert-OH is 1. The van der Waals surface area contributed by atoms with Crippen LogP contribution in [0.4, 0.5) is 0 Å². The lowest BCUT2D eigenvalue weighted by Crippen LogP contribution is -2.20. The molecule has 8 heteroatoms. The van der Waals surface area contributed by atoms with Gasteiger partial charge in [0.25, 0.3) is 0 Å². The molecular formula is C17H20BrNO6. The number of fused-ring (bicyclic) bond motifs is 1. The Balaban J connectivity index is 0.000000450. The average molecular weight is 414 g/mol. The normalized spacial score (nSPS) is 10.0. The van der Waals surface area contributed by atoms with E-state index in [1.165, 1.54) is 10.8 Å². The van der Waals surface area contributed by atoms with E-state index in [2.05, 4.69) is 39.4 Å². The van der Waals surface area contributed by atoms with Crippen molar-refractivity contribution in [2.45, 2.75) is 6.42 Å². The highest BCUT2D eigenvalue weighted by molar-refractivity contribution is 9.10. The van der Waals surface area contributed by atoms with Gasteiger partial charge in [-0.1, -0.05) is 30.3 Å². The molecule has 0 aliphatic carbocycles. The number of halogens is 1. The molecule has 0 amide bonds. The van der Waals surface area contributed by atoms with Crippen LogP contribution < -0.4 is 10.1 Å². The summed E-state index contributed by atoms with van der Waals surface area (Å²) in [5.74, 6) is -2.77. The van der Waals surface area contributed by atoms with Crippen molar-refractivity contribution in [2.24, 2.45) is 0 Å². The molecule has 0 atom stereocenters. The third-order valence-corrected chi connectivity index (χ3v) is 3.87. The summed E-state index contributed by atoms with van der Waals surface area (Å²) in [6, 6.07) is 12.3. The Morgan fingerprint density at radius 3 is 2.36 bits per heavy atom. The smallest absolute Gasteiger partial charge is 0.414 e. The third kappa shape index (κ3) is 7.51. The average Bonchev–Trinajstić information content (AvgIpc) is 2.60. The van der Waals surface area contributed by atoms with Crippen molar-refractivity contribution in [2.75, 3.05) is 26.3 Å². The van der Waals surface area contributed by atoms with Gasteiger partial charge in [0.15, 0.2) is 0 Å². The summed E-state index contributed by atoms with van der Waals surface area (Å²) in [6.07, 6.45) is 0.916. The zero-order valence-electron chi connectivity index (χ0n) is 13.4. The molecule has 0 bridgehead atoms. The second-order valence-corrected chi connectivity index (χ2v) is 5.68. The van der Waals surface area contributed by atoms with Crippen LogP contribution in [0.15, 0.2) is 40.9 Å². The topological polar surface area (TPSA) is 116 Å². The molecule has 0 aliphatic rings. The van der Waals surface area contributed by atoms with E-state index in [0.717, 1.165) is 23.2 Å². The maximum Gasteiger partial charge on any atom is 0.414 e. The molecule has 0 saturated heterocycles. The summed E-state index contributed by atoms with van der Waals surface area (Å²) < 4.78 is 6.78. The molecule has 0 unspecified atom stereocenters. The minimum absolute atomic E-state index is 0.178. The van der Waals surface area contributed by atoms with Crippen molar-refractivity contribution in [1.29, 1.82) is 0 Å². The van der Waals surface area contributed by atoms with E-state index in [-0.39, 0.29) is 6.61 Å². The Morgan fingerprint density at radius 2 is 1.72 bits per heavy atom. The number of carboxylic acids is 2. The maximum atomic E-state index is 9.10. The fourth-order valence-electron chi connectivity index (χ4n) is 1.91. The molecule has 2 aromatic carbocycles. The Kier molecular flexibility index (Phi) is 9.53. The minimum Gasteiger partial charge on any atom is -0.492 e. The molecule has 4 N–H and O–H groups in total. The van der Waals surface area contributed by atoms with Gasteiger partial charge in [0.2, 0.25) is 0 Å². The number of ether oxygens (including phenoxy) is 1. The van der Waals surface area contributed by atoms with E-state index in [9.17, 15) is 0 Å². The van der Waals surface area contributed by atoms with Crippen LogP contribution in [-0.4, -0.2) is 53.6 Å². The number of hydrogen-bond acceptors (Lipinski definition) is 5. The van der Waals surface area contributed by atoms with E-state index in [1.807, 2.05) is 18.2 Å². The van der Waals surface area contributed by atoms with Gasteiger partial charge in [0.1, 0.15) is 5.75 Å². The lowest BCUT2D eigenvalue weighted by atomic mass is 10.1. The monoisotopic (exact) mass is 413 g/mol. The Hall–Kier alpha value is -2.16. The number of carbonyl (C=O) groups is 2. The molecule has 0 fully saturated rings. The van der Waals surface area contributed by atoms with Crippen LogP contribution in [0.1, 0.15) is 6.42 Å². The Morgan fingerprint density at radius 1 is 1.04 bits per heavy atom. The van der Waals surface area contributed by atoms with Crippen LogP contribution in [-0.2, 0) is 9.59 Å². The van der Waals surface area contributed by atoms with E-state index in [0.29, 0.717) is 13.2 Å². The van der Waals surface area contributed by atoms with Crippen molar-refractivity contribution >= 4 is 38.6 Å². The highest BCUT2D eigenvalue weighted by atomic mass is 79.9. The van der Waals surface area contributed by atoms with Crippen LogP contribution in [0.2, 0.25) is 0 Å². The molecule has 25 heavy (non-hydrogen) atoms. The quantitative estimate of drug-likeness (QED) is 0.405. The minimum atomic E-state index is -1.82. The van der Waals surface area contributed by atoms with E-state index < -0.39 is 11.9 Å². The summed E-state index contributed by atoms with van der Waals surface area (Å²) in [6.45, 7) is 2.33. The highest BCUT2D eigenvalue weighted by Crippen LogP contribution is 2.32. The predicted molar refractivity (Wildman–Crippen MR) is 97.0 cm³/mol. The van der Waals surface area contributed by atoms with Crippen LogP contribution >= 0.6 is 15.9 Å². The molecule has 0 heterocycles. The first kappa shape index (κ1) is 20.9. The number of aliphatic hydroxyl groups is 1. The molecule has 0 radical (unpaired) electrons. The summed E-state index contributed by atoms with van der Waals surface area (Å²) in [7, 11) is 0. The molecule has 2 aromatic rings. The zero-order valence-corrected chi connectivity index (χ0v) is 15.0. The van der Waals surface area contributed by atoms with Gasteiger partial charge >= 0.3 is 11.9 Å². The standard InChI is InChI=1S/C15H18BrNO2.C2H2O4/c16-15-13-5-2-1-4-12(13)6-7-14(15)19-11-3-8-17-9-10-18;3-1(4)2(5)6/h1-2,4-7,17-18H,3,8-11H2;(H,3,4)(H,5,6). The van der Waals surface area contributed by atoms with Crippen molar-refractivity contribution in [3.8, 4) is 5.75 Å². The maximum absolute atomic E-state index is 9.10. The molecule has 0 aliphatic heterocycles.